The monoisotopic (exact) mass is 284 g/mol. The maximum atomic E-state index is 12.3. The third-order valence-electron chi connectivity index (χ3n) is 6.93. The minimum Gasteiger partial charge on any atom is -0.299 e. The Bertz CT molecular complexity index is 595. The molecule has 0 unspecified atom stereocenters. The zero-order chi connectivity index (χ0) is 14.8. The molecule has 4 rings (SSSR count). The molecule has 0 aromatic rings. The largest absolute Gasteiger partial charge is 0.299 e. The lowest BCUT2D eigenvalue weighted by Gasteiger charge is -2.48. The fraction of sp³-hybridized carbons (Fsp3) is 0.684. The number of carbonyl (C=O) groups is 2. The molecule has 2 saturated carbocycles. The van der Waals surface area contributed by atoms with Crippen LogP contribution in [0.15, 0.2) is 22.8 Å². The molecule has 0 saturated heterocycles. The number of Topliss-reactive ketones (excluding diaryl/α,β-unsaturated/α-hetero) is 1. The second-order valence-corrected chi connectivity index (χ2v) is 7.78. The van der Waals surface area contributed by atoms with Crippen molar-refractivity contribution in [2.45, 2.75) is 58.8 Å². The molecule has 0 N–H and O–H groups in total. The van der Waals surface area contributed by atoms with Gasteiger partial charge in [0, 0.05) is 18.3 Å². The average Bonchev–Trinajstić information content (AvgIpc) is 2.76. The predicted octanol–water partition coefficient (Wildman–Crippen LogP) is 4.01. The number of allylic oxidation sites excluding steroid dienone is 4. The van der Waals surface area contributed by atoms with Gasteiger partial charge in [-0.1, -0.05) is 12.5 Å². The molecule has 0 aliphatic heterocycles. The first-order chi connectivity index (χ1) is 10.0. The molecule has 0 aromatic carbocycles. The van der Waals surface area contributed by atoms with Crippen LogP contribution in [-0.4, -0.2) is 11.6 Å². The third kappa shape index (κ3) is 1.77. The molecule has 112 valence electrons. The molecule has 0 radical (unpaired) electrons. The van der Waals surface area contributed by atoms with Crippen molar-refractivity contribution in [3.8, 4) is 0 Å². The van der Waals surface area contributed by atoms with Gasteiger partial charge in [0.15, 0.2) is 5.78 Å². The number of hydrogen-bond acceptors (Lipinski definition) is 2. The van der Waals surface area contributed by atoms with Crippen molar-refractivity contribution < 1.29 is 9.59 Å². The zero-order valence-electron chi connectivity index (χ0n) is 13.1. The van der Waals surface area contributed by atoms with E-state index in [-0.39, 0.29) is 5.41 Å². The summed E-state index contributed by atoms with van der Waals surface area (Å²) < 4.78 is 0. The number of fused-ring (bicyclic) bond motifs is 4. The van der Waals surface area contributed by atoms with Crippen LogP contribution in [0.2, 0.25) is 0 Å². The van der Waals surface area contributed by atoms with Gasteiger partial charge in [0.25, 0.3) is 0 Å². The lowest BCUT2D eigenvalue weighted by atomic mass is 9.56. The number of ketones is 2. The molecule has 21 heavy (non-hydrogen) atoms. The molecular formula is C19H24O2. The Balaban J connectivity index is 1.77. The smallest absolute Gasteiger partial charge is 0.156 e. The maximum Gasteiger partial charge on any atom is 0.156 e. The molecule has 4 aliphatic carbocycles. The third-order valence-corrected chi connectivity index (χ3v) is 6.93. The molecule has 4 atom stereocenters. The van der Waals surface area contributed by atoms with Crippen LogP contribution in [0.5, 0.6) is 0 Å². The quantitative estimate of drug-likeness (QED) is 0.673. The summed E-state index contributed by atoms with van der Waals surface area (Å²) >= 11 is 0. The van der Waals surface area contributed by atoms with Crippen LogP contribution in [0.3, 0.4) is 0 Å². The summed E-state index contributed by atoms with van der Waals surface area (Å²) in [6.45, 7) is 4.44. The Morgan fingerprint density at radius 3 is 2.76 bits per heavy atom. The highest BCUT2D eigenvalue weighted by Gasteiger charge is 2.54. The van der Waals surface area contributed by atoms with Gasteiger partial charge < -0.3 is 0 Å². The Morgan fingerprint density at radius 1 is 1.14 bits per heavy atom. The molecule has 0 aromatic heterocycles. The van der Waals surface area contributed by atoms with Gasteiger partial charge in [-0.3, -0.25) is 9.59 Å². The first kappa shape index (κ1) is 13.5. The van der Waals surface area contributed by atoms with E-state index in [1.54, 1.807) is 5.57 Å². The van der Waals surface area contributed by atoms with Gasteiger partial charge in [0.2, 0.25) is 0 Å². The van der Waals surface area contributed by atoms with E-state index in [0.717, 1.165) is 32.1 Å². The Hall–Kier alpha value is -1.18. The number of rotatable bonds is 0. The Labute approximate surface area is 126 Å². The number of hydrogen-bond donors (Lipinski definition) is 0. The minimum absolute atomic E-state index is 0.0554. The lowest BCUT2D eigenvalue weighted by Crippen LogP contribution is -2.41. The van der Waals surface area contributed by atoms with Crippen LogP contribution < -0.4 is 0 Å². The van der Waals surface area contributed by atoms with Crippen LogP contribution in [0.25, 0.3) is 0 Å². The van der Waals surface area contributed by atoms with Gasteiger partial charge in [-0.25, -0.2) is 0 Å². The van der Waals surface area contributed by atoms with Gasteiger partial charge in [-0.05, 0) is 74.0 Å². The van der Waals surface area contributed by atoms with Crippen molar-refractivity contribution in [1.29, 1.82) is 0 Å². The van der Waals surface area contributed by atoms with E-state index >= 15 is 0 Å². The molecule has 0 heterocycles. The molecular weight excluding hydrogens is 260 g/mol. The van der Waals surface area contributed by atoms with Gasteiger partial charge in [-0.2, -0.15) is 0 Å². The molecule has 2 nitrogen and oxygen atoms in total. The highest BCUT2D eigenvalue weighted by Crippen LogP contribution is 2.59. The normalized spacial score (nSPS) is 42.4. The van der Waals surface area contributed by atoms with E-state index in [2.05, 4.69) is 13.8 Å². The van der Waals surface area contributed by atoms with Crippen molar-refractivity contribution >= 4 is 11.6 Å². The van der Waals surface area contributed by atoms with E-state index in [1.165, 1.54) is 17.6 Å². The van der Waals surface area contributed by atoms with Crippen molar-refractivity contribution in [3.63, 3.8) is 0 Å². The summed E-state index contributed by atoms with van der Waals surface area (Å²) in [6, 6.07) is 0. The van der Waals surface area contributed by atoms with E-state index in [1.807, 2.05) is 6.08 Å². The lowest BCUT2D eigenvalue weighted by molar-refractivity contribution is -0.128. The second-order valence-electron chi connectivity index (χ2n) is 7.78. The molecule has 0 amide bonds. The maximum absolute atomic E-state index is 12.3. The Kier molecular flexibility index (Phi) is 2.83. The van der Waals surface area contributed by atoms with E-state index in [9.17, 15) is 9.59 Å². The van der Waals surface area contributed by atoms with Crippen molar-refractivity contribution in [3.05, 3.63) is 22.8 Å². The van der Waals surface area contributed by atoms with Crippen LogP contribution in [0.4, 0.5) is 0 Å². The zero-order valence-corrected chi connectivity index (χ0v) is 13.1. The van der Waals surface area contributed by atoms with Crippen LogP contribution >= 0.6 is 0 Å². The van der Waals surface area contributed by atoms with Crippen LogP contribution in [0, 0.1) is 23.2 Å². The summed E-state index contributed by atoms with van der Waals surface area (Å²) in [7, 11) is 0. The molecule has 0 bridgehead atoms. The topological polar surface area (TPSA) is 34.1 Å². The van der Waals surface area contributed by atoms with Gasteiger partial charge >= 0.3 is 0 Å². The van der Waals surface area contributed by atoms with Crippen molar-refractivity contribution in [2.75, 3.05) is 0 Å². The first-order valence-corrected chi connectivity index (χ1v) is 8.48. The highest BCUT2D eigenvalue weighted by molar-refractivity contribution is 5.92. The SMILES string of the molecule is CC1=C2CC[C@]3(C)C(=O)CC[C@H]3[C@@H]2C[C@@H]2CCC(=O)C=C12. The van der Waals surface area contributed by atoms with Crippen molar-refractivity contribution in [2.24, 2.45) is 23.2 Å². The van der Waals surface area contributed by atoms with Crippen molar-refractivity contribution in [1.82, 2.24) is 0 Å². The molecule has 2 fully saturated rings. The molecule has 4 aliphatic rings. The molecule has 0 spiro atoms. The average molecular weight is 284 g/mol. The van der Waals surface area contributed by atoms with E-state index in [0.29, 0.717) is 35.7 Å². The second kappa shape index (κ2) is 4.41. The highest BCUT2D eigenvalue weighted by atomic mass is 16.1. The van der Waals surface area contributed by atoms with E-state index in [4.69, 9.17) is 0 Å². The van der Waals surface area contributed by atoms with Gasteiger partial charge in [0.05, 0.1) is 0 Å². The van der Waals surface area contributed by atoms with E-state index < -0.39 is 0 Å². The molecule has 2 heteroatoms. The van der Waals surface area contributed by atoms with Crippen LogP contribution in [-0.2, 0) is 9.59 Å². The first-order valence-electron chi connectivity index (χ1n) is 8.48. The number of carbonyl (C=O) groups excluding carboxylic acids is 2. The summed E-state index contributed by atoms with van der Waals surface area (Å²) in [5, 5.41) is 0. The fourth-order valence-electron chi connectivity index (χ4n) is 5.65. The fourth-order valence-corrected chi connectivity index (χ4v) is 5.65. The summed E-state index contributed by atoms with van der Waals surface area (Å²) in [5.74, 6) is 2.53. The van der Waals surface area contributed by atoms with Gasteiger partial charge in [0.1, 0.15) is 5.78 Å². The predicted molar refractivity (Wildman–Crippen MR) is 81.7 cm³/mol. The van der Waals surface area contributed by atoms with Crippen LogP contribution in [0.1, 0.15) is 58.8 Å². The Morgan fingerprint density at radius 2 is 1.95 bits per heavy atom. The summed E-state index contributed by atoms with van der Waals surface area (Å²) in [4.78, 5) is 24.1. The summed E-state index contributed by atoms with van der Waals surface area (Å²) in [5.41, 5.74) is 4.24. The van der Waals surface area contributed by atoms with Gasteiger partial charge in [-0.15, -0.1) is 0 Å². The standard InChI is InChI=1S/C19H24O2/c1-11-14-7-8-19(2)17(5-6-18(19)21)16(14)9-12-3-4-13(20)10-15(11)12/h10,12,16-17H,3-9H2,1-2H3/t12-,16+,17-,19-/m0/s1. The summed E-state index contributed by atoms with van der Waals surface area (Å²) in [6.07, 6.45) is 8.78. The minimum atomic E-state index is -0.0554.